The monoisotopic (exact) mass is 270 g/mol. The van der Waals surface area contributed by atoms with Gasteiger partial charge in [0.1, 0.15) is 0 Å². The molecule has 0 radical (unpaired) electrons. The molecule has 20 heavy (non-hydrogen) atoms. The van der Waals surface area contributed by atoms with E-state index in [0.717, 1.165) is 28.8 Å². The van der Waals surface area contributed by atoms with E-state index >= 15 is 0 Å². The maximum atomic E-state index is 6.00. The zero-order valence-electron chi connectivity index (χ0n) is 12.0. The minimum absolute atomic E-state index is 0.550. The smallest absolute Gasteiger partial charge is 0.0953 e. The minimum Gasteiger partial charge on any atom is -0.398 e. The van der Waals surface area contributed by atoms with Crippen LogP contribution in [0.4, 0.5) is 11.4 Å². The van der Waals surface area contributed by atoms with E-state index in [2.05, 4.69) is 22.1 Å². The van der Waals surface area contributed by atoms with Crippen LogP contribution in [0.3, 0.4) is 0 Å². The summed E-state index contributed by atoms with van der Waals surface area (Å²) in [6.07, 6.45) is 4.48. The second kappa shape index (κ2) is 5.67. The first-order chi connectivity index (χ1) is 9.75. The molecule has 0 amide bonds. The molecule has 0 saturated carbocycles. The highest BCUT2D eigenvalue weighted by atomic mass is 15.2. The quantitative estimate of drug-likeness (QED) is 0.839. The number of benzene rings is 1. The summed E-state index contributed by atoms with van der Waals surface area (Å²) in [4.78, 5) is 7.00. The minimum atomic E-state index is 0.550. The van der Waals surface area contributed by atoms with Gasteiger partial charge in [0.25, 0.3) is 0 Å². The van der Waals surface area contributed by atoms with Gasteiger partial charge in [0.2, 0.25) is 0 Å². The number of nitrogens with two attached hydrogens (primary N) is 1. The van der Waals surface area contributed by atoms with Crippen LogP contribution < -0.4 is 11.1 Å². The van der Waals surface area contributed by atoms with Gasteiger partial charge in [-0.3, -0.25) is 9.88 Å². The van der Waals surface area contributed by atoms with Crippen LogP contribution in [0.15, 0.2) is 30.5 Å². The SMILES string of the molecule is CC(CNc1ccc(N)c2cccnc12)N1CCCC1. The third-order valence-electron chi connectivity index (χ3n) is 4.16. The molecule has 0 spiro atoms. The number of nitrogens with one attached hydrogen (secondary N) is 1. The molecule has 1 fully saturated rings. The highest BCUT2D eigenvalue weighted by Crippen LogP contribution is 2.26. The lowest BCUT2D eigenvalue weighted by Crippen LogP contribution is -2.35. The first kappa shape index (κ1) is 13.2. The van der Waals surface area contributed by atoms with E-state index in [0.29, 0.717) is 6.04 Å². The average Bonchev–Trinajstić information content (AvgIpc) is 3.01. The van der Waals surface area contributed by atoms with Crippen molar-refractivity contribution in [3.63, 3.8) is 0 Å². The Morgan fingerprint density at radius 1 is 1.30 bits per heavy atom. The standard InChI is InChI=1S/C16H22N4/c1-12(20-9-2-3-10-20)11-19-15-7-6-14(17)13-5-4-8-18-16(13)15/h4-8,12,19H,2-3,9-11,17H2,1H3. The molecule has 106 valence electrons. The molecule has 1 aliphatic rings. The maximum absolute atomic E-state index is 6.00. The van der Waals surface area contributed by atoms with Gasteiger partial charge in [-0.25, -0.2) is 0 Å². The number of fused-ring (bicyclic) bond motifs is 1. The van der Waals surface area contributed by atoms with Gasteiger partial charge in [-0.15, -0.1) is 0 Å². The Labute approximate surface area is 120 Å². The van der Waals surface area contributed by atoms with Crippen LogP contribution in [-0.2, 0) is 0 Å². The topological polar surface area (TPSA) is 54.2 Å². The van der Waals surface area contributed by atoms with Crippen molar-refractivity contribution in [1.82, 2.24) is 9.88 Å². The zero-order valence-corrected chi connectivity index (χ0v) is 12.0. The number of nitrogen functional groups attached to an aromatic ring is 1. The van der Waals surface area contributed by atoms with Crippen molar-refractivity contribution in [2.75, 3.05) is 30.7 Å². The highest BCUT2D eigenvalue weighted by Gasteiger charge is 2.17. The summed E-state index contributed by atoms with van der Waals surface area (Å²) < 4.78 is 0. The van der Waals surface area contributed by atoms with Crippen molar-refractivity contribution in [1.29, 1.82) is 0 Å². The second-order valence-corrected chi connectivity index (χ2v) is 5.57. The van der Waals surface area contributed by atoms with Gasteiger partial charge in [0.15, 0.2) is 0 Å². The first-order valence-electron chi connectivity index (χ1n) is 7.37. The molecule has 1 aromatic carbocycles. The van der Waals surface area contributed by atoms with Gasteiger partial charge in [-0.1, -0.05) is 0 Å². The van der Waals surface area contributed by atoms with Crippen molar-refractivity contribution in [2.45, 2.75) is 25.8 Å². The van der Waals surface area contributed by atoms with Crippen molar-refractivity contribution in [2.24, 2.45) is 0 Å². The predicted octanol–water partition coefficient (Wildman–Crippen LogP) is 2.71. The molecule has 1 unspecified atom stereocenters. The number of hydrogen-bond donors (Lipinski definition) is 2. The summed E-state index contributed by atoms with van der Waals surface area (Å²) >= 11 is 0. The Balaban J connectivity index is 1.76. The molecular formula is C16H22N4. The van der Waals surface area contributed by atoms with E-state index in [1.165, 1.54) is 25.9 Å². The van der Waals surface area contributed by atoms with Gasteiger partial charge in [0.05, 0.1) is 11.2 Å². The molecule has 0 bridgehead atoms. The van der Waals surface area contributed by atoms with Gasteiger partial charge in [0, 0.05) is 29.9 Å². The van der Waals surface area contributed by atoms with E-state index < -0.39 is 0 Å². The first-order valence-corrected chi connectivity index (χ1v) is 7.37. The van der Waals surface area contributed by atoms with Crippen LogP contribution in [0, 0.1) is 0 Å². The normalized spacial score (nSPS) is 17.4. The summed E-state index contributed by atoms with van der Waals surface area (Å²) in [6.45, 7) is 5.67. The third kappa shape index (κ3) is 2.56. The van der Waals surface area contributed by atoms with Gasteiger partial charge >= 0.3 is 0 Å². The summed E-state index contributed by atoms with van der Waals surface area (Å²) in [5.74, 6) is 0. The predicted molar refractivity (Wildman–Crippen MR) is 84.9 cm³/mol. The number of likely N-dealkylation sites (tertiary alicyclic amines) is 1. The lowest BCUT2D eigenvalue weighted by atomic mass is 10.1. The number of rotatable bonds is 4. The Morgan fingerprint density at radius 3 is 2.90 bits per heavy atom. The Hall–Kier alpha value is -1.81. The van der Waals surface area contributed by atoms with E-state index in [4.69, 9.17) is 5.73 Å². The van der Waals surface area contributed by atoms with Crippen LogP contribution in [-0.4, -0.2) is 35.6 Å². The Morgan fingerprint density at radius 2 is 2.10 bits per heavy atom. The Kier molecular flexibility index (Phi) is 3.74. The number of nitrogens with zero attached hydrogens (tertiary/aromatic N) is 2. The van der Waals surface area contributed by atoms with Crippen molar-refractivity contribution < 1.29 is 0 Å². The van der Waals surface area contributed by atoms with E-state index in [9.17, 15) is 0 Å². The molecule has 1 aliphatic heterocycles. The van der Waals surface area contributed by atoms with E-state index in [1.54, 1.807) is 0 Å². The van der Waals surface area contributed by atoms with Gasteiger partial charge in [-0.05, 0) is 57.1 Å². The molecule has 1 atom stereocenters. The summed E-state index contributed by atoms with van der Waals surface area (Å²) in [5.41, 5.74) is 8.82. The largest absolute Gasteiger partial charge is 0.398 e. The van der Waals surface area contributed by atoms with Crippen LogP contribution in [0.25, 0.3) is 10.9 Å². The summed E-state index contributed by atoms with van der Waals surface area (Å²) in [6, 6.07) is 8.48. The molecule has 4 heteroatoms. The molecule has 3 N–H and O–H groups in total. The zero-order chi connectivity index (χ0) is 13.9. The van der Waals surface area contributed by atoms with Crippen LogP contribution in [0.2, 0.25) is 0 Å². The molecule has 3 rings (SSSR count). The molecule has 0 aliphatic carbocycles. The van der Waals surface area contributed by atoms with Crippen LogP contribution in [0.5, 0.6) is 0 Å². The lowest BCUT2D eigenvalue weighted by molar-refractivity contribution is 0.269. The number of anilines is 2. The molecule has 4 nitrogen and oxygen atoms in total. The van der Waals surface area contributed by atoms with Crippen molar-refractivity contribution in [3.8, 4) is 0 Å². The molecule has 1 aromatic heterocycles. The fourth-order valence-electron chi connectivity index (χ4n) is 2.91. The van der Waals surface area contributed by atoms with E-state index in [-0.39, 0.29) is 0 Å². The summed E-state index contributed by atoms with van der Waals surface area (Å²) in [5, 5.41) is 4.55. The van der Waals surface area contributed by atoms with Crippen LogP contribution in [0.1, 0.15) is 19.8 Å². The maximum Gasteiger partial charge on any atom is 0.0953 e. The molecule has 2 aromatic rings. The van der Waals surface area contributed by atoms with Crippen molar-refractivity contribution >= 4 is 22.3 Å². The fraction of sp³-hybridized carbons (Fsp3) is 0.438. The van der Waals surface area contributed by atoms with Gasteiger partial charge < -0.3 is 11.1 Å². The third-order valence-corrected chi connectivity index (χ3v) is 4.16. The number of aromatic nitrogens is 1. The average molecular weight is 270 g/mol. The summed E-state index contributed by atoms with van der Waals surface area (Å²) in [7, 11) is 0. The second-order valence-electron chi connectivity index (χ2n) is 5.57. The van der Waals surface area contributed by atoms with Gasteiger partial charge in [-0.2, -0.15) is 0 Å². The highest BCUT2D eigenvalue weighted by molar-refractivity contribution is 5.98. The van der Waals surface area contributed by atoms with Crippen LogP contribution >= 0.6 is 0 Å². The molecule has 1 saturated heterocycles. The fourth-order valence-corrected chi connectivity index (χ4v) is 2.91. The lowest BCUT2D eigenvalue weighted by Gasteiger charge is -2.24. The molecular weight excluding hydrogens is 248 g/mol. The van der Waals surface area contributed by atoms with Crippen molar-refractivity contribution in [3.05, 3.63) is 30.5 Å². The Bertz CT molecular complexity index is 590. The van der Waals surface area contributed by atoms with E-state index in [1.807, 2.05) is 30.5 Å². The molecule has 2 heterocycles. The number of pyridine rings is 1. The number of hydrogen-bond acceptors (Lipinski definition) is 4.